The fraction of sp³-hybridized carbons (Fsp3) is 0.467. The predicted molar refractivity (Wildman–Crippen MR) is 78.3 cm³/mol. The SMILES string of the molecule is Cc1cc(C(N)=O)ccc1NC(=O)CC1(N)CCCC1. The van der Waals surface area contributed by atoms with Crippen LogP contribution in [-0.4, -0.2) is 17.4 Å². The van der Waals surface area contributed by atoms with Crippen molar-refractivity contribution < 1.29 is 9.59 Å². The topological polar surface area (TPSA) is 98.2 Å². The van der Waals surface area contributed by atoms with Crippen molar-refractivity contribution in [3.63, 3.8) is 0 Å². The van der Waals surface area contributed by atoms with Gasteiger partial charge in [-0.2, -0.15) is 0 Å². The molecule has 5 N–H and O–H groups in total. The molecule has 5 nitrogen and oxygen atoms in total. The van der Waals surface area contributed by atoms with Crippen molar-refractivity contribution in [2.24, 2.45) is 11.5 Å². The number of anilines is 1. The molecule has 1 aromatic rings. The van der Waals surface area contributed by atoms with Crippen LogP contribution in [0, 0.1) is 6.92 Å². The van der Waals surface area contributed by atoms with E-state index in [0.717, 1.165) is 31.2 Å². The molecule has 1 aliphatic carbocycles. The molecule has 0 heterocycles. The van der Waals surface area contributed by atoms with Gasteiger partial charge in [0, 0.05) is 23.2 Å². The summed E-state index contributed by atoms with van der Waals surface area (Å²) in [5.41, 5.74) is 13.0. The minimum atomic E-state index is -0.474. The first-order valence-electron chi connectivity index (χ1n) is 6.89. The van der Waals surface area contributed by atoms with E-state index in [4.69, 9.17) is 11.5 Å². The Bertz CT molecular complexity index is 534. The van der Waals surface area contributed by atoms with Gasteiger partial charge in [0.2, 0.25) is 11.8 Å². The molecule has 108 valence electrons. The summed E-state index contributed by atoms with van der Waals surface area (Å²) in [5, 5.41) is 2.86. The first-order valence-corrected chi connectivity index (χ1v) is 6.89. The predicted octanol–water partition coefficient (Wildman–Crippen LogP) is 1.69. The van der Waals surface area contributed by atoms with E-state index in [-0.39, 0.29) is 11.4 Å². The highest BCUT2D eigenvalue weighted by Gasteiger charge is 2.31. The van der Waals surface area contributed by atoms with Gasteiger partial charge < -0.3 is 16.8 Å². The number of hydrogen-bond acceptors (Lipinski definition) is 3. The molecule has 0 atom stereocenters. The van der Waals surface area contributed by atoms with E-state index in [1.54, 1.807) is 18.2 Å². The van der Waals surface area contributed by atoms with Gasteiger partial charge in [0.1, 0.15) is 0 Å². The fourth-order valence-electron chi connectivity index (χ4n) is 2.73. The Balaban J connectivity index is 2.02. The molecule has 0 radical (unpaired) electrons. The van der Waals surface area contributed by atoms with E-state index in [1.165, 1.54) is 0 Å². The van der Waals surface area contributed by atoms with Crippen LogP contribution in [0.15, 0.2) is 18.2 Å². The van der Waals surface area contributed by atoms with E-state index in [2.05, 4.69) is 5.32 Å². The molecule has 5 heteroatoms. The monoisotopic (exact) mass is 275 g/mol. The fourth-order valence-corrected chi connectivity index (χ4v) is 2.73. The molecule has 0 spiro atoms. The number of nitrogens with two attached hydrogens (primary N) is 2. The second-order valence-corrected chi connectivity index (χ2v) is 5.69. The lowest BCUT2D eigenvalue weighted by Crippen LogP contribution is -2.40. The zero-order valence-corrected chi connectivity index (χ0v) is 11.7. The number of hydrogen-bond donors (Lipinski definition) is 3. The Labute approximate surface area is 118 Å². The first-order chi connectivity index (χ1) is 9.39. The van der Waals surface area contributed by atoms with Gasteiger partial charge in [-0.1, -0.05) is 12.8 Å². The summed E-state index contributed by atoms with van der Waals surface area (Å²) in [6.45, 7) is 1.83. The summed E-state index contributed by atoms with van der Waals surface area (Å²) in [5.74, 6) is -0.554. The van der Waals surface area contributed by atoms with E-state index < -0.39 is 5.91 Å². The maximum absolute atomic E-state index is 12.1. The maximum Gasteiger partial charge on any atom is 0.248 e. The average molecular weight is 275 g/mol. The van der Waals surface area contributed by atoms with E-state index >= 15 is 0 Å². The molecule has 0 unspecified atom stereocenters. The number of benzene rings is 1. The van der Waals surface area contributed by atoms with Gasteiger partial charge >= 0.3 is 0 Å². The number of aryl methyl sites for hydroxylation is 1. The molecular weight excluding hydrogens is 254 g/mol. The van der Waals surface area contributed by atoms with Gasteiger partial charge in [0.15, 0.2) is 0 Å². The molecule has 1 saturated carbocycles. The Morgan fingerprint density at radius 1 is 1.30 bits per heavy atom. The standard InChI is InChI=1S/C15H21N3O2/c1-10-8-11(14(16)20)4-5-12(10)18-13(19)9-15(17)6-2-3-7-15/h4-5,8H,2-3,6-7,9,17H2,1H3,(H2,16,20)(H,18,19). The van der Waals surface area contributed by atoms with Crippen LogP contribution in [0.3, 0.4) is 0 Å². The third-order valence-electron chi connectivity index (χ3n) is 3.90. The van der Waals surface area contributed by atoms with Crippen molar-refractivity contribution in [3.8, 4) is 0 Å². The average Bonchev–Trinajstić information content (AvgIpc) is 2.77. The molecule has 0 saturated heterocycles. The van der Waals surface area contributed by atoms with Crippen LogP contribution in [0.5, 0.6) is 0 Å². The van der Waals surface area contributed by atoms with E-state index in [9.17, 15) is 9.59 Å². The van der Waals surface area contributed by atoms with Crippen LogP contribution in [0.4, 0.5) is 5.69 Å². The van der Waals surface area contributed by atoms with Crippen molar-refractivity contribution in [2.45, 2.75) is 44.6 Å². The Morgan fingerprint density at radius 3 is 2.50 bits per heavy atom. The lowest BCUT2D eigenvalue weighted by molar-refractivity contribution is -0.117. The van der Waals surface area contributed by atoms with E-state index in [1.807, 2.05) is 6.92 Å². The van der Waals surface area contributed by atoms with Crippen molar-refractivity contribution in [2.75, 3.05) is 5.32 Å². The number of carbonyl (C=O) groups is 2. The zero-order valence-electron chi connectivity index (χ0n) is 11.7. The summed E-state index contributed by atoms with van der Waals surface area (Å²) < 4.78 is 0. The largest absolute Gasteiger partial charge is 0.366 e. The number of carbonyl (C=O) groups excluding carboxylic acids is 2. The van der Waals surface area contributed by atoms with Gasteiger partial charge in [0.25, 0.3) is 0 Å². The highest BCUT2D eigenvalue weighted by atomic mass is 16.2. The van der Waals surface area contributed by atoms with Gasteiger partial charge in [-0.05, 0) is 43.5 Å². The molecule has 1 fully saturated rings. The van der Waals surface area contributed by atoms with Crippen molar-refractivity contribution >= 4 is 17.5 Å². The van der Waals surface area contributed by atoms with Crippen LogP contribution in [-0.2, 0) is 4.79 Å². The lowest BCUT2D eigenvalue weighted by atomic mass is 9.94. The normalized spacial score (nSPS) is 16.9. The van der Waals surface area contributed by atoms with Crippen LogP contribution >= 0.6 is 0 Å². The maximum atomic E-state index is 12.1. The summed E-state index contributed by atoms with van der Waals surface area (Å²) >= 11 is 0. The molecular formula is C15H21N3O2. The number of rotatable bonds is 4. The van der Waals surface area contributed by atoms with Gasteiger partial charge in [0.05, 0.1) is 0 Å². The highest BCUT2D eigenvalue weighted by Crippen LogP contribution is 2.30. The third kappa shape index (κ3) is 3.36. The minimum Gasteiger partial charge on any atom is -0.366 e. The highest BCUT2D eigenvalue weighted by molar-refractivity contribution is 5.95. The van der Waals surface area contributed by atoms with Crippen LogP contribution in [0.2, 0.25) is 0 Å². The third-order valence-corrected chi connectivity index (χ3v) is 3.90. The molecule has 1 aromatic carbocycles. The molecule has 2 rings (SSSR count). The number of primary amides is 1. The first kappa shape index (κ1) is 14.5. The number of nitrogens with one attached hydrogen (secondary N) is 1. The molecule has 0 aliphatic heterocycles. The number of amides is 2. The van der Waals surface area contributed by atoms with Crippen LogP contribution in [0.1, 0.15) is 48.0 Å². The molecule has 0 bridgehead atoms. The van der Waals surface area contributed by atoms with E-state index in [0.29, 0.717) is 17.7 Å². The molecule has 1 aliphatic rings. The Kier molecular flexibility index (Phi) is 4.09. The van der Waals surface area contributed by atoms with Gasteiger partial charge in [-0.25, -0.2) is 0 Å². The van der Waals surface area contributed by atoms with Crippen molar-refractivity contribution in [3.05, 3.63) is 29.3 Å². The van der Waals surface area contributed by atoms with Crippen molar-refractivity contribution in [1.82, 2.24) is 0 Å². The Morgan fingerprint density at radius 2 is 1.95 bits per heavy atom. The zero-order chi connectivity index (χ0) is 14.8. The quantitative estimate of drug-likeness (QED) is 0.779. The summed E-state index contributed by atoms with van der Waals surface area (Å²) in [6, 6.07) is 4.98. The smallest absolute Gasteiger partial charge is 0.248 e. The second-order valence-electron chi connectivity index (χ2n) is 5.69. The molecule has 0 aromatic heterocycles. The van der Waals surface area contributed by atoms with Crippen LogP contribution < -0.4 is 16.8 Å². The molecule has 2 amide bonds. The summed E-state index contributed by atoms with van der Waals surface area (Å²) in [7, 11) is 0. The van der Waals surface area contributed by atoms with Gasteiger partial charge in [-0.3, -0.25) is 9.59 Å². The molecule has 20 heavy (non-hydrogen) atoms. The second kappa shape index (κ2) is 5.63. The summed E-state index contributed by atoms with van der Waals surface area (Å²) in [6.07, 6.45) is 4.33. The Hall–Kier alpha value is -1.88. The minimum absolute atomic E-state index is 0.0793. The summed E-state index contributed by atoms with van der Waals surface area (Å²) in [4.78, 5) is 23.1. The van der Waals surface area contributed by atoms with Gasteiger partial charge in [-0.15, -0.1) is 0 Å². The van der Waals surface area contributed by atoms with Crippen molar-refractivity contribution in [1.29, 1.82) is 0 Å². The van der Waals surface area contributed by atoms with Crippen LogP contribution in [0.25, 0.3) is 0 Å². The lowest BCUT2D eigenvalue weighted by Gasteiger charge is -2.22.